The number of fused-ring (bicyclic) bond motifs is 1. The molecule has 1 unspecified atom stereocenters. The third-order valence-electron chi connectivity index (χ3n) is 4.58. The van der Waals surface area contributed by atoms with Crippen molar-refractivity contribution in [2.75, 3.05) is 24.6 Å². The molecule has 0 N–H and O–H groups in total. The predicted octanol–water partition coefficient (Wildman–Crippen LogP) is 4.08. The molecule has 2 saturated heterocycles. The Morgan fingerprint density at radius 3 is 2.78 bits per heavy atom. The molecule has 2 aliphatic heterocycles. The van der Waals surface area contributed by atoms with Gasteiger partial charge in [-0.25, -0.2) is 4.39 Å². The normalized spacial score (nSPS) is 24.3. The Kier molecular flexibility index (Phi) is 3.70. The second-order valence-electron chi connectivity index (χ2n) is 6.01. The van der Waals surface area contributed by atoms with Crippen molar-refractivity contribution in [2.24, 2.45) is 0 Å². The van der Waals surface area contributed by atoms with Crippen molar-refractivity contribution in [3.8, 4) is 0 Å². The van der Waals surface area contributed by atoms with E-state index in [0.717, 1.165) is 25.9 Å². The van der Waals surface area contributed by atoms with Gasteiger partial charge in [-0.05, 0) is 34.8 Å². The van der Waals surface area contributed by atoms with Crippen molar-refractivity contribution >= 4 is 44.3 Å². The molecule has 1 aromatic heterocycles. The van der Waals surface area contributed by atoms with Crippen molar-refractivity contribution in [2.45, 2.75) is 24.9 Å². The average molecular weight is 405 g/mol. The van der Waals surface area contributed by atoms with Crippen LogP contribution in [0.2, 0.25) is 5.02 Å². The van der Waals surface area contributed by atoms with E-state index >= 15 is 0 Å². The highest BCUT2D eigenvalue weighted by Gasteiger charge is 2.42. The fourth-order valence-electron chi connectivity index (χ4n) is 3.36. The highest BCUT2D eigenvalue weighted by molar-refractivity contribution is 9.10. The third-order valence-corrected chi connectivity index (χ3v) is 5.89. The van der Waals surface area contributed by atoms with Crippen LogP contribution in [0.15, 0.2) is 10.5 Å². The molecule has 2 aliphatic rings. The number of aromatic nitrogens is 2. The lowest BCUT2D eigenvalue weighted by atomic mass is 9.86. The lowest BCUT2D eigenvalue weighted by molar-refractivity contribution is -0.151. The number of nitrogens with zero attached hydrogens (tertiary/aromatic N) is 3. The van der Waals surface area contributed by atoms with Crippen LogP contribution in [0.25, 0.3) is 10.9 Å². The lowest BCUT2D eigenvalue weighted by Crippen LogP contribution is -2.56. The monoisotopic (exact) mass is 403 g/mol. The third kappa shape index (κ3) is 2.49. The van der Waals surface area contributed by atoms with E-state index in [0.29, 0.717) is 24.3 Å². The Hall–Kier alpha value is -1.05. The van der Waals surface area contributed by atoms with Gasteiger partial charge in [-0.2, -0.15) is 14.4 Å². The minimum atomic E-state index is -0.949. The van der Waals surface area contributed by atoms with Crippen LogP contribution in [0.3, 0.4) is 0 Å². The van der Waals surface area contributed by atoms with Gasteiger partial charge in [0, 0.05) is 24.9 Å². The van der Waals surface area contributed by atoms with Crippen molar-refractivity contribution in [3.63, 3.8) is 0 Å². The topological polar surface area (TPSA) is 38.2 Å². The van der Waals surface area contributed by atoms with E-state index in [2.05, 4.69) is 25.9 Å². The first-order chi connectivity index (χ1) is 11.0. The Labute approximate surface area is 144 Å². The Balaban J connectivity index is 1.86. The number of ether oxygens (including phenoxy) is 1. The molecule has 0 aliphatic carbocycles. The van der Waals surface area contributed by atoms with Crippen LogP contribution in [-0.2, 0) is 4.74 Å². The molecule has 8 heteroatoms. The molecule has 2 fully saturated rings. The SMILES string of the molecule is Fc1nc(N2CCCC3(CCO3)C2)c2cc(Cl)c(Br)c(F)c2n1. The highest BCUT2D eigenvalue weighted by Crippen LogP contribution is 2.40. The zero-order valence-electron chi connectivity index (χ0n) is 12.1. The van der Waals surface area contributed by atoms with Crippen LogP contribution in [0.5, 0.6) is 0 Å². The van der Waals surface area contributed by atoms with Gasteiger partial charge in [-0.3, -0.25) is 0 Å². The van der Waals surface area contributed by atoms with E-state index in [9.17, 15) is 8.78 Å². The molecule has 23 heavy (non-hydrogen) atoms. The van der Waals surface area contributed by atoms with Gasteiger partial charge in [0.05, 0.1) is 21.7 Å². The molecule has 1 atom stereocenters. The van der Waals surface area contributed by atoms with E-state index in [1.807, 2.05) is 4.90 Å². The van der Waals surface area contributed by atoms with E-state index in [-0.39, 0.29) is 20.6 Å². The van der Waals surface area contributed by atoms with Gasteiger partial charge in [0.25, 0.3) is 0 Å². The Bertz CT molecular complexity index is 800. The van der Waals surface area contributed by atoms with Crippen LogP contribution in [0.1, 0.15) is 19.3 Å². The molecule has 0 radical (unpaired) electrons. The van der Waals surface area contributed by atoms with Crippen LogP contribution >= 0.6 is 27.5 Å². The van der Waals surface area contributed by atoms with Gasteiger partial charge in [0.15, 0.2) is 5.82 Å². The minimum Gasteiger partial charge on any atom is -0.373 e. The van der Waals surface area contributed by atoms with Crippen LogP contribution in [-0.4, -0.2) is 35.3 Å². The van der Waals surface area contributed by atoms with Gasteiger partial charge >= 0.3 is 6.08 Å². The molecule has 4 nitrogen and oxygen atoms in total. The van der Waals surface area contributed by atoms with Crippen LogP contribution in [0, 0.1) is 11.9 Å². The number of anilines is 1. The molecule has 0 bridgehead atoms. The van der Waals surface area contributed by atoms with Crippen molar-refractivity contribution < 1.29 is 13.5 Å². The molecule has 0 saturated carbocycles. The van der Waals surface area contributed by atoms with Gasteiger partial charge in [-0.1, -0.05) is 11.6 Å². The van der Waals surface area contributed by atoms with Gasteiger partial charge in [0.2, 0.25) is 0 Å². The summed E-state index contributed by atoms with van der Waals surface area (Å²) in [7, 11) is 0. The zero-order chi connectivity index (χ0) is 16.2. The minimum absolute atomic E-state index is 0.0714. The highest BCUT2D eigenvalue weighted by atomic mass is 79.9. The smallest absolute Gasteiger partial charge is 0.311 e. The van der Waals surface area contributed by atoms with Gasteiger partial charge in [0.1, 0.15) is 11.3 Å². The molecule has 1 spiro atoms. The molecule has 1 aromatic carbocycles. The molecular weight excluding hydrogens is 392 g/mol. The molecule has 122 valence electrons. The first-order valence-corrected chi connectivity index (χ1v) is 8.56. The van der Waals surface area contributed by atoms with E-state index < -0.39 is 11.9 Å². The summed E-state index contributed by atoms with van der Waals surface area (Å²) in [5, 5.41) is 0.617. The Morgan fingerprint density at radius 1 is 1.30 bits per heavy atom. The number of benzene rings is 1. The van der Waals surface area contributed by atoms with E-state index in [4.69, 9.17) is 16.3 Å². The van der Waals surface area contributed by atoms with E-state index in [1.54, 1.807) is 6.07 Å². The Morgan fingerprint density at radius 2 is 2.09 bits per heavy atom. The summed E-state index contributed by atoms with van der Waals surface area (Å²) in [6.45, 7) is 2.08. The maximum Gasteiger partial charge on any atom is 0.311 e. The lowest BCUT2D eigenvalue weighted by Gasteiger charge is -2.48. The maximum atomic E-state index is 14.4. The summed E-state index contributed by atoms with van der Waals surface area (Å²) in [6.07, 6.45) is 1.93. The molecule has 3 heterocycles. The first kappa shape index (κ1) is 15.5. The maximum absolute atomic E-state index is 14.4. The number of hydrogen-bond acceptors (Lipinski definition) is 4. The fourth-order valence-corrected chi connectivity index (χ4v) is 3.86. The van der Waals surface area contributed by atoms with Crippen molar-refractivity contribution in [1.29, 1.82) is 0 Å². The zero-order valence-corrected chi connectivity index (χ0v) is 14.4. The van der Waals surface area contributed by atoms with Gasteiger partial charge in [-0.15, -0.1) is 0 Å². The van der Waals surface area contributed by atoms with Crippen LogP contribution < -0.4 is 4.90 Å². The molecular formula is C15H13BrClF2N3O. The number of halogens is 4. The summed E-state index contributed by atoms with van der Waals surface area (Å²) in [4.78, 5) is 9.46. The number of piperidine rings is 1. The predicted molar refractivity (Wildman–Crippen MR) is 86.9 cm³/mol. The fraction of sp³-hybridized carbons (Fsp3) is 0.467. The molecule has 4 rings (SSSR count). The molecule has 0 amide bonds. The van der Waals surface area contributed by atoms with E-state index in [1.165, 1.54) is 0 Å². The number of hydrogen-bond donors (Lipinski definition) is 0. The van der Waals surface area contributed by atoms with Crippen molar-refractivity contribution in [3.05, 3.63) is 27.5 Å². The standard InChI is InChI=1S/C15H13BrClF2N3O/c16-10-9(17)6-8-12(11(10)18)20-14(19)21-13(8)22-4-1-2-15(7-22)3-5-23-15/h6H,1-5,7H2. The first-order valence-electron chi connectivity index (χ1n) is 7.39. The van der Waals surface area contributed by atoms with Crippen LogP contribution in [0.4, 0.5) is 14.6 Å². The second kappa shape index (κ2) is 5.50. The quantitative estimate of drug-likeness (QED) is 0.530. The van der Waals surface area contributed by atoms with Gasteiger partial charge < -0.3 is 9.64 Å². The summed E-state index contributed by atoms with van der Waals surface area (Å²) in [5.41, 5.74) is -0.248. The largest absolute Gasteiger partial charge is 0.373 e. The summed E-state index contributed by atoms with van der Waals surface area (Å²) < 4.78 is 34.1. The summed E-state index contributed by atoms with van der Waals surface area (Å²) in [5.74, 6) is -0.308. The van der Waals surface area contributed by atoms with Crippen molar-refractivity contribution in [1.82, 2.24) is 9.97 Å². The molecule has 2 aromatic rings. The second-order valence-corrected chi connectivity index (χ2v) is 7.21. The summed E-state index contributed by atoms with van der Waals surface area (Å²) >= 11 is 9.12. The average Bonchev–Trinajstić information content (AvgIpc) is 2.52. The summed E-state index contributed by atoms with van der Waals surface area (Å²) in [6, 6.07) is 1.57. The number of rotatable bonds is 1.